The van der Waals surface area contributed by atoms with Crippen LogP contribution in [0.2, 0.25) is 0 Å². The van der Waals surface area contributed by atoms with E-state index in [4.69, 9.17) is 4.52 Å². The van der Waals surface area contributed by atoms with E-state index in [0.29, 0.717) is 18.2 Å². The fourth-order valence-corrected chi connectivity index (χ4v) is 4.72. The molecule has 2 bridgehead atoms. The van der Waals surface area contributed by atoms with Gasteiger partial charge in [0.1, 0.15) is 11.6 Å². The van der Waals surface area contributed by atoms with Gasteiger partial charge in [0.2, 0.25) is 0 Å². The second kappa shape index (κ2) is 7.82. The van der Waals surface area contributed by atoms with Crippen LogP contribution in [0.4, 0.5) is 23.4 Å². The van der Waals surface area contributed by atoms with E-state index < -0.39 is 17.6 Å². The molecule has 2 fully saturated rings. The van der Waals surface area contributed by atoms with Crippen LogP contribution >= 0.6 is 0 Å². The molecular formula is C22H19F4N5O2. The highest BCUT2D eigenvalue weighted by molar-refractivity contribution is 6.00. The Morgan fingerprint density at radius 3 is 2.67 bits per heavy atom. The van der Waals surface area contributed by atoms with Crippen molar-refractivity contribution in [3.8, 4) is 11.5 Å². The van der Waals surface area contributed by atoms with Crippen LogP contribution < -0.4 is 5.32 Å². The smallest absolute Gasteiger partial charge is 0.365 e. The first-order valence-corrected chi connectivity index (χ1v) is 10.4. The van der Waals surface area contributed by atoms with E-state index in [1.54, 1.807) is 11.8 Å². The molecule has 3 heterocycles. The van der Waals surface area contributed by atoms with Crippen molar-refractivity contribution >= 4 is 11.7 Å². The SMILES string of the molecule is Cc1noc(-c2c(F)cccc2C(=O)N2CC3CC(Nc4ccc(C(F)(F)F)cn4)C2C3)n1. The Hall–Kier alpha value is -3.50. The molecule has 2 aromatic heterocycles. The summed E-state index contributed by atoms with van der Waals surface area (Å²) in [7, 11) is 0. The molecule has 3 unspecified atom stereocenters. The van der Waals surface area contributed by atoms with Crippen LogP contribution in [-0.4, -0.2) is 44.6 Å². The molecule has 0 radical (unpaired) electrons. The molecule has 1 N–H and O–H groups in total. The molecule has 1 saturated heterocycles. The van der Waals surface area contributed by atoms with Gasteiger partial charge in [0, 0.05) is 18.8 Å². The summed E-state index contributed by atoms with van der Waals surface area (Å²) in [5.74, 6) is -0.214. The first-order chi connectivity index (χ1) is 15.7. The lowest BCUT2D eigenvalue weighted by molar-refractivity contribution is -0.137. The molecule has 0 spiro atoms. The molecule has 1 aromatic carbocycles. The highest BCUT2D eigenvalue weighted by atomic mass is 19.4. The minimum Gasteiger partial charge on any atom is -0.365 e. The Morgan fingerprint density at radius 2 is 2.03 bits per heavy atom. The summed E-state index contributed by atoms with van der Waals surface area (Å²) in [5.41, 5.74) is -0.745. The summed E-state index contributed by atoms with van der Waals surface area (Å²) < 4.78 is 58.1. The van der Waals surface area contributed by atoms with Crippen LogP contribution in [0.1, 0.15) is 34.6 Å². The van der Waals surface area contributed by atoms with Crippen molar-refractivity contribution in [2.45, 2.75) is 38.0 Å². The third kappa shape index (κ3) is 3.91. The molecule has 5 rings (SSSR count). The number of nitrogens with zero attached hydrogens (tertiary/aromatic N) is 4. The third-order valence-corrected chi connectivity index (χ3v) is 6.15. The van der Waals surface area contributed by atoms with Crippen LogP contribution in [0.25, 0.3) is 11.5 Å². The molecule has 1 aliphatic heterocycles. The quantitative estimate of drug-likeness (QED) is 0.583. The monoisotopic (exact) mass is 461 g/mol. The number of likely N-dealkylation sites (tertiary alicyclic amines) is 1. The summed E-state index contributed by atoms with van der Waals surface area (Å²) >= 11 is 0. The van der Waals surface area contributed by atoms with Crippen molar-refractivity contribution in [3.63, 3.8) is 0 Å². The molecule has 172 valence electrons. The summed E-state index contributed by atoms with van der Waals surface area (Å²) in [6.07, 6.45) is -2.17. The van der Waals surface area contributed by atoms with Gasteiger partial charge in [-0.3, -0.25) is 4.79 Å². The van der Waals surface area contributed by atoms with Gasteiger partial charge in [0.25, 0.3) is 11.8 Å². The number of nitrogens with one attached hydrogen (secondary N) is 1. The normalized spacial score (nSPS) is 22.1. The van der Waals surface area contributed by atoms with Crippen molar-refractivity contribution in [1.29, 1.82) is 0 Å². The van der Waals surface area contributed by atoms with Crippen molar-refractivity contribution in [2.24, 2.45) is 5.92 Å². The predicted molar refractivity (Wildman–Crippen MR) is 109 cm³/mol. The molecule has 11 heteroatoms. The Morgan fingerprint density at radius 1 is 1.21 bits per heavy atom. The predicted octanol–water partition coefficient (Wildman–Crippen LogP) is 4.31. The Balaban J connectivity index is 1.38. The number of piperidine rings is 1. The number of hydrogen-bond donors (Lipinski definition) is 1. The lowest BCUT2D eigenvalue weighted by atomic mass is 10.0. The topological polar surface area (TPSA) is 84.2 Å². The first-order valence-electron chi connectivity index (χ1n) is 10.4. The van der Waals surface area contributed by atoms with Gasteiger partial charge >= 0.3 is 6.18 Å². The zero-order chi connectivity index (χ0) is 23.3. The lowest BCUT2D eigenvalue weighted by Gasteiger charge is -2.34. The number of aryl methyl sites for hydroxylation is 1. The standard InChI is InChI=1S/C22H19F4N5O2/c1-11-28-20(33-30-11)19-14(3-2-4-15(19)23)21(32)31-10-12-7-16(17(31)8-12)29-18-6-5-13(9-27-18)22(24,25)26/h2-6,9,12,16-17H,7-8,10H2,1H3,(H,27,29). The average molecular weight is 461 g/mol. The van der Waals surface area contributed by atoms with E-state index in [0.717, 1.165) is 25.1 Å². The van der Waals surface area contributed by atoms with Crippen molar-refractivity contribution in [2.75, 3.05) is 11.9 Å². The molecule has 3 aromatic rings. The van der Waals surface area contributed by atoms with Gasteiger partial charge < -0.3 is 14.7 Å². The molecular weight excluding hydrogens is 442 g/mol. The number of benzene rings is 1. The van der Waals surface area contributed by atoms with Crippen molar-refractivity contribution in [3.05, 3.63) is 59.3 Å². The highest BCUT2D eigenvalue weighted by Crippen LogP contribution is 2.41. The molecule has 7 nitrogen and oxygen atoms in total. The fraction of sp³-hybridized carbons (Fsp3) is 0.364. The lowest BCUT2D eigenvalue weighted by Crippen LogP contribution is -2.47. The molecule has 1 saturated carbocycles. The largest absolute Gasteiger partial charge is 0.417 e. The fourth-order valence-electron chi connectivity index (χ4n) is 4.72. The Labute approximate surface area is 185 Å². The maximum absolute atomic E-state index is 14.7. The number of carbonyl (C=O) groups excluding carboxylic acids is 1. The van der Waals surface area contributed by atoms with Gasteiger partial charge in [-0.25, -0.2) is 9.37 Å². The number of aromatic nitrogens is 3. The maximum atomic E-state index is 14.7. The molecule has 1 amide bonds. The van der Waals surface area contributed by atoms with E-state index in [-0.39, 0.29) is 40.9 Å². The molecule has 33 heavy (non-hydrogen) atoms. The number of rotatable bonds is 4. The number of pyridine rings is 1. The van der Waals surface area contributed by atoms with Crippen LogP contribution in [0.15, 0.2) is 41.1 Å². The second-order valence-electron chi connectivity index (χ2n) is 8.35. The van der Waals surface area contributed by atoms with Crippen LogP contribution in [0.5, 0.6) is 0 Å². The molecule has 2 aliphatic rings. The van der Waals surface area contributed by atoms with Crippen molar-refractivity contribution < 1.29 is 26.9 Å². The van der Waals surface area contributed by atoms with Gasteiger partial charge in [-0.2, -0.15) is 18.2 Å². The molecule has 1 aliphatic carbocycles. The number of amides is 1. The molecule has 3 atom stereocenters. The number of anilines is 1. The van der Waals surface area contributed by atoms with Gasteiger partial charge in [-0.05, 0) is 49.9 Å². The number of hydrogen-bond acceptors (Lipinski definition) is 6. The Bertz CT molecular complexity index is 1190. The van der Waals surface area contributed by atoms with Crippen LogP contribution in [0, 0.1) is 18.7 Å². The zero-order valence-corrected chi connectivity index (χ0v) is 17.4. The van der Waals surface area contributed by atoms with Gasteiger partial charge in [-0.1, -0.05) is 11.2 Å². The number of fused-ring (bicyclic) bond motifs is 2. The van der Waals surface area contributed by atoms with Gasteiger partial charge in [0.05, 0.1) is 22.7 Å². The summed E-state index contributed by atoms with van der Waals surface area (Å²) in [4.78, 5) is 23.1. The van der Waals surface area contributed by atoms with E-state index >= 15 is 0 Å². The van der Waals surface area contributed by atoms with Crippen LogP contribution in [-0.2, 0) is 6.18 Å². The van der Waals surface area contributed by atoms with E-state index in [9.17, 15) is 22.4 Å². The van der Waals surface area contributed by atoms with Gasteiger partial charge in [0.15, 0.2) is 5.82 Å². The van der Waals surface area contributed by atoms with Crippen LogP contribution in [0.3, 0.4) is 0 Å². The first kappa shape index (κ1) is 21.4. The van der Waals surface area contributed by atoms with E-state index in [2.05, 4.69) is 20.4 Å². The summed E-state index contributed by atoms with van der Waals surface area (Å²) in [5, 5.41) is 6.85. The second-order valence-corrected chi connectivity index (χ2v) is 8.35. The maximum Gasteiger partial charge on any atom is 0.417 e. The highest BCUT2D eigenvalue weighted by Gasteiger charge is 2.47. The minimum atomic E-state index is -4.46. The zero-order valence-electron chi connectivity index (χ0n) is 17.4. The van der Waals surface area contributed by atoms with Gasteiger partial charge in [-0.15, -0.1) is 0 Å². The number of carbonyl (C=O) groups is 1. The number of halogens is 4. The third-order valence-electron chi connectivity index (χ3n) is 6.15. The summed E-state index contributed by atoms with van der Waals surface area (Å²) in [6, 6.07) is 6.06. The van der Waals surface area contributed by atoms with E-state index in [1.807, 2.05) is 0 Å². The van der Waals surface area contributed by atoms with Crippen molar-refractivity contribution in [1.82, 2.24) is 20.0 Å². The Kier molecular flexibility index (Phi) is 5.06. The van der Waals surface area contributed by atoms with E-state index in [1.165, 1.54) is 24.3 Å². The number of alkyl halides is 3. The minimum absolute atomic E-state index is 0.0419. The summed E-state index contributed by atoms with van der Waals surface area (Å²) in [6.45, 7) is 2.11. The average Bonchev–Trinajstić information content (AvgIpc) is 3.48.